The van der Waals surface area contributed by atoms with Crippen LogP contribution in [-0.4, -0.2) is 45.0 Å². The van der Waals surface area contributed by atoms with Crippen molar-refractivity contribution in [2.75, 3.05) is 23.5 Å². The van der Waals surface area contributed by atoms with E-state index in [1.54, 1.807) is 48.5 Å². The number of hydrogen-bond acceptors (Lipinski definition) is 6. The summed E-state index contributed by atoms with van der Waals surface area (Å²) in [5.74, 6) is -1.29. The predicted octanol–water partition coefficient (Wildman–Crippen LogP) is 2.91. The number of carbonyl (C=O) groups is 2. The number of carbonyl (C=O) groups excluding carboxylic acids is 2. The van der Waals surface area contributed by atoms with E-state index in [0.29, 0.717) is 11.3 Å². The Morgan fingerprint density at radius 2 is 1.79 bits per heavy atom. The van der Waals surface area contributed by atoms with Crippen molar-refractivity contribution in [1.29, 1.82) is 0 Å². The number of amides is 1. The van der Waals surface area contributed by atoms with Gasteiger partial charge in [-0.15, -0.1) is 11.8 Å². The molecular weight excluding hydrogens is 398 g/mol. The van der Waals surface area contributed by atoms with Gasteiger partial charge in [-0.05, 0) is 36.6 Å². The van der Waals surface area contributed by atoms with Gasteiger partial charge in [-0.3, -0.25) is 4.79 Å². The summed E-state index contributed by atoms with van der Waals surface area (Å²) >= 11 is 1.41. The Labute approximate surface area is 168 Å². The van der Waals surface area contributed by atoms with Gasteiger partial charge in [0.15, 0.2) is 16.4 Å². The third kappa shape index (κ3) is 4.63. The molecule has 1 atom stereocenters. The monoisotopic (exact) mass is 417 g/mol. The van der Waals surface area contributed by atoms with Crippen LogP contribution >= 0.6 is 11.8 Å². The Morgan fingerprint density at radius 3 is 2.43 bits per heavy atom. The van der Waals surface area contributed by atoms with Crippen LogP contribution in [0, 0.1) is 0 Å². The average Bonchev–Trinajstić information content (AvgIpc) is 3.06. The molecule has 146 valence electrons. The zero-order chi connectivity index (χ0) is 20.1. The summed E-state index contributed by atoms with van der Waals surface area (Å²) < 4.78 is 28.8. The van der Waals surface area contributed by atoms with Gasteiger partial charge in [-0.1, -0.05) is 30.3 Å². The lowest BCUT2D eigenvalue weighted by Crippen LogP contribution is -2.43. The van der Waals surface area contributed by atoms with Crippen molar-refractivity contribution in [3.05, 3.63) is 71.6 Å². The smallest absolute Gasteiger partial charge is 0.339 e. The first-order valence-electron chi connectivity index (χ1n) is 8.49. The van der Waals surface area contributed by atoms with Crippen LogP contribution in [-0.2, 0) is 19.4 Å². The highest BCUT2D eigenvalue weighted by Gasteiger charge is 2.32. The molecule has 1 aliphatic rings. The van der Waals surface area contributed by atoms with Crippen LogP contribution in [0.2, 0.25) is 0 Å². The molecular formula is C20H19NO5S2. The van der Waals surface area contributed by atoms with Crippen molar-refractivity contribution in [2.24, 2.45) is 0 Å². The number of hydrogen-bond donors (Lipinski definition) is 0. The lowest BCUT2D eigenvalue weighted by molar-refractivity contribution is -0.121. The van der Waals surface area contributed by atoms with E-state index in [4.69, 9.17) is 4.74 Å². The number of ether oxygens (including phenoxy) is 1. The summed E-state index contributed by atoms with van der Waals surface area (Å²) in [6.07, 6.45) is 3.33. The summed E-state index contributed by atoms with van der Waals surface area (Å²) in [5, 5.41) is 1.11. The molecule has 6 nitrogen and oxygen atoms in total. The van der Waals surface area contributed by atoms with Crippen LogP contribution in [0.1, 0.15) is 10.4 Å². The number of rotatable bonds is 6. The summed E-state index contributed by atoms with van der Waals surface area (Å²) in [6.45, 7) is -0.485. The summed E-state index contributed by atoms with van der Waals surface area (Å²) in [5.41, 5.74) is 0.928. The Hall–Kier alpha value is -2.58. The van der Waals surface area contributed by atoms with Gasteiger partial charge in [0.05, 0.1) is 17.4 Å². The zero-order valence-electron chi connectivity index (χ0n) is 15.1. The first kappa shape index (κ1) is 20.2. The summed E-state index contributed by atoms with van der Waals surface area (Å²) in [7, 11) is -3.35. The number of sulfone groups is 1. The minimum atomic E-state index is -3.35. The third-order valence-electron chi connectivity index (χ3n) is 4.20. The largest absolute Gasteiger partial charge is 0.452 e. The molecule has 8 heteroatoms. The van der Waals surface area contributed by atoms with Crippen LogP contribution in [0.5, 0.6) is 0 Å². The third-order valence-corrected chi connectivity index (χ3v) is 6.37. The molecule has 0 saturated heterocycles. The normalized spacial score (nSPS) is 17.2. The first-order chi connectivity index (χ1) is 13.4. The van der Waals surface area contributed by atoms with Gasteiger partial charge >= 0.3 is 5.97 Å². The molecule has 0 aromatic heterocycles. The number of nitrogens with zero attached hydrogens (tertiary/aromatic N) is 1. The van der Waals surface area contributed by atoms with E-state index in [-0.39, 0.29) is 5.75 Å². The molecule has 0 unspecified atom stereocenters. The molecule has 0 spiro atoms. The highest BCUT2D eigenvalue weighted by atomic mass is 32.2. The van der Waals surface area contributed by atoms with E-state index >= 15 is 0 Å². The van der Waals surface area contributed by atoms with Crippen molar-refractivity contribution < 1.29 is 22.7 Å². The van der Waals surface area contributed by atoms with E-state index in [1.165, 1.54) is 22.7 Å². The molecule has 1 amide bonds. The second-order valence-corrected chi connectivity index (χ2v) is 8.88. The second-order valence-electron chi connectivity index (χ2n) is 6.10. The van der Waals surface area contributed by atoms with Crippen LogP contribution < -0.4 is 4.90 Å². The molecule has 28 heavy (non-hydrogen) atoms. The number of esters is 1. The molecule has 0 fully saturated rings. The Bertz CT molecular complexity index is 1000. The van der Waals surface area contributed by atoms with E-state index < -0.39 is 34.4 Å². The molecule has 2 aromatic carbocycles. The zero-order valence-corrected chi connectivity index (χ0v) is 16.8. The molecule has 0 saturated carbocycles. The number of para-hydroxylation sites is 1. The van der Waals surface area contributed by atoms with E-state index in [1.807, 2.05) is 12.3 Å². The SMILES string of the molecule is CSc1ccccc1C(=O)OCC(=O)N(c1ccccc1)[C@@H]1C=CS(=O)(=O)C1. The van der Waals surface area contributed by atoms with Crippen molar-refractivity contribution in [3.8, 4) is 0 Å². The molecule has 0 bridgehead atoms. The van der Waals surface area contributed by atoms with Gasteiger partial charge in [0.1, 0.15) is 0 Å². The molecule has 3 rings (SSSR count). The number of anilines is 1. The Kier molecular flexibility index (Phi) is 6.21. The van der Waals surface area contributed by atoms with Gasteiger partial charge in [-0.25, -0.2) is 13.2 Å². The van der Waals surface area contributed by atoms with E-state index in [0.717, 1.165) is 10.3 Å². The highest BCUT2D eigenvalue weighted by molar-refractivity contribution is 7.98. The fourth-order valence-corrected chi connectivity index (χ4v) is 4.77. The van der Waals surface area contributed by atoms with Gasteiger partial charge in [-0.2, -0.15) is 0 Å². The van der Waals surface area contributed by atoms with Crippen molar-refractivity contribution in [2.45, 2.75) is 10.9 Å². The lowest BCUT2D eigenvalue weighted by Gasteiger charge is -2.27. The van der Waals surface area contributed by atoms with E-state index in [2.05, 4.69) is 0 Å². The Balaban J connectivity index is 1.77. The van der Waals surface area contributed by atoms with Crippen molar-refractivity contribution in [1.82, 2.24) is 0 Å². The van der Waals surface area contributed by atoms with Gasteiger partial charge in [0.25, 0.3) is 5.91 Å². The molecule has 0 N–H and O–H groups in total. The maximum atomic E-state index is 12.8. The summed E-state index contributed by atoms with van der Waals surface area (Å²) in [4.78, 5) is 27.4. The van der Waals surface area contributed by atoms with Crippen LogP contribution in [0.4, 0.5) is 5.69 Å². The quantitative estimate of drug-likeness (QED) is 0.531. The maximum Gasteiger partial charge on any atom is 0.339 e. The van der Waals surface area contributed by atoms with Crippen LogP contribution in [0.3, 0.4) is 0 Å². The lowest BCUT2D eigenvalue weighted by atomic mass is 10.2. The minimum Gasteiger partial charge on any atom is -0.452 e. The van der Waals surface area contributed by atoms with Crippen molar-refractivity contribution in [3.63, 3.8) is 0 Å². The predicted molar refractivity (Wildman–Crippen MR) is 109 cm³/mol. The Morgan fingerprint density at radius 1 is 1.11 bits per heavy atom. The molecule has 1 heterocycles. The van der Waals surface area contributed by atoms with Gasteiger partial charge in [0.2, 0.25) is 0 Å². The number of thioether (sulfide) groups is 1. The fraction of sp³-hybridized carbons (Fsp3) is 0.200. The van der Waals surface area contributed by atoms with Crippen molar-refractivity contribution >= 4 is 39.2 Å². The second kappa shape index (κ2) is 8.62. The standard InChI is InChI=1S/C20H19NO5S2/c1-27-18-10-6-5-9-17(18)20(23)26-13-19(22)21(15-7-3-2-4-8-15)16-11-12-28(24,25)14-16/h2-12,16H,13-14H2,1H3/t16-/m1/s1. The number of benzene rings is 2. The fourth-order valence-electron chi connectivity index (χ4n) is 2.92. The molecule has 0 aliphatic carbocycles. The molecule has 0 radical (unpaired) electrons. The highest BCUT2D eigenvalue weighted by Crippen LogP contribution is 2.24. The van der Waals surface area contributed by atoms with E-state index in [9.17, 15) is 18.0 Å². The van der Waals surface area contributed by atoms with Gasteiger partial charge < -0.3 is 9.64 Å². The first-order valence-corrected chi connectivity index (χ1v) is 11.4. The summed E-state index contributed by atoms with van der Waals surface area (Å²) in [6, 6.07) is 15.1. The minimum absolute atomic E-state index is 0.198. The van der Waals surface area contributed by atoms with Gasteiger partial charge in [0, 0.05) is 16.0 Å². The molecule has 2 aromatic rings. The molecule has 1 aliphatic heterocycles. The average molecular weight is 418 g/mol. The van der Waals surface area contributed by atoms with Crippen LogP contribution in [0.15, 0.2) is 71.0 Å². The van der Waals surface area contributed by atoms with Crippen LogP contribution in [0.25, 0.3) is 0 Å². The maximum absolute atomic E-state index is 12.8. The topological polar surface area (TPSA) is 80.8 Å².